The van der Waals surface area contributed by atoms with Gasteiger partial charge in [-0.1, -0.05) is 30.3 Å². The van der Waals surface area contributed by atoms with Crippen LogP contribution in [0.15, 0.2) is 30.3 Å². The van der Waals surface area contributed by atoms with Gasteiger partial charge in [0.2, 0.25) is 11.8 Å². The highest BCUT2D eigenvalue weighted by molar-refractivity contribution is 6.35. The number of carbonyl (C=O) groups excluding carboxylic acids is 4. The third kappa shape index (κ3) is 7.56. The maximum Gasteiger partial charge on any atom is 0.435 e. The molecule has 3 N–H and O–H groups in total. The first-order valence-electron chi connectivity index (χ1n) is 10.5. The lowest BCUT2D eigenvalue weighted by Gasteiger charge is -2.27. The molecule has 2 rings (SSSR count). The topological polar surface area (TPSA) is 151 Å². The van der Waals surface area contributed by atoms with Crippen LogP contribution in [-0.4, -0.2) is 70.2 Å². The minimum Gasteiger partial charge on any atom is -0.475 e. The van der Waals surface area contributed by atoms with E-state index in [1.165, 1.54) is 6.92 Å². The number of rotatable bonds is 8. The lowest BCUT2D eigenvalue weighted by molar-refractivity contribution is -0.150. The van der Waals surface area contributed by atoms with E-state index in [2.05, 4.69) is 10.6 Å². The van der Waals surface area contributed by atoms with Gasteiger partial charge in [0.1, 0.15) is 17.7 Å². The van der Waals surface area contributed by atoms with Gasteiger partial charge in [0.05, 0.1) is 12.6 Å². The van der Waals surface area contributed by atoms with E-state index in [-0.39, 0.29) is 19.4 Å². The number of nitrogens with one attached hydrogen (secondary N) is 2. The van der Waals surface area contributed by atoms with Crippen LogP contribution in [0.3, 0.4) is 0 Å². The lowest BCUT2D eigenvalue weighted by Crippen LogP contribution is -2.56. The van der Waals surface area contributed by atoms with E-state index in [0.717, 1.165) is 10.6 Å². The number of carboxylic acids is 1. The Kier molecular flexibility index (Phi) is 8.52. The van der Waals surface area contributed by atoms with E-state index in [0.29, 0.717) is 0 Å². The number of benzene rings is 1. The highest BCUT2D eigenvalue weighted by Crippen LogP contribution is 2.19. The van der Waals surface area contributed by atoms with Gasteiger partial charge >= 0.3 is 12.1 Å². The van der Waals surface area contributed by atoms with Gasteiger partial charge in [-0.2, -0.15) is 5.06 Å². The van der Waals surface area contributed by atoms with Crippen LogP contribution in [-0.2, 0) is 35.2 Å². The quantitative estimate of drug-likeness (QED) is 0.479. The molecule has 1 heterocycles. The first-order chi connectivity index (χ1) is 15.4. The number of ketones is 1. The maximum atomic E-state index is 13.0. The van der Waals surface area contributed by atoms with E-state index in [1.807, 2.05) is 0 Å². The number of amides is 3. The van der Waals surface area contributed by atoms with E-state index in [9.17, 15) is 24.0 Å². The molecule has 180 valence electrons. The normalized spacial score (nSPS) is 17.6. The fourth-order valence-corrected chi connectivity index (χ4v) is 3.09. The Morgan fingerprint density at radius 3 is 2.36 bits per heavy atom. The van der Waals surface area contributed by atoms with Crippen LogP contribution in [0.4, 0.5) is 4.79 Å². The van der Waals surface area contributed by atoms with Crippen molar-refractivity contribution < 1.29 is 38.7 Å². The van der Waals surface area contributed by atoms with Crippen LogP contribution in [0.5, 0.6) is 0 Å². The SMILES string of the molecule is C[C@H](NC(=O)[C@H](Cc1ccccc1)NC(=O)C1CCON1C(=O)OC(C)(C)C)C(=O)C(=O)O. The second-order valence-electron chi connectivity index (χ2n) is 8.59. The van der Waals surface area contributed by atoms with Crippen molar-refractivity contribution in [3.63, 3.8) is 0 Å². The summed E-state index contributed by atoms with van der Waals surface area (Å²) < 4.78 is 5.26. The smallest absolute Gasteiger partial charge is 0.435 e. The highest BCUT2D eigenvalue weighted by atomic mass is 16.7. The number of ether oxygens (including phenoxy) is 1. The number of hydrogen-bond donors (Lipinski definition) is 3. The number of carboxylic acid groups (broad SMARTS) is 1. The highest BCUT2D eigenvalue weighted by Gasteiger charge is 2.40. The molecule has 0 saturated carbocycles. The van der Waals surface area contributed by atoms with Gasteiger partial charge in [-0.15, -0.1) is 0 Å². The maximum absolute atomic E-state index is 13.0. The van der Waals surface area contributed by atoms with Gasteiger partial charge in [-0.25, -0.2) is 9.59 Å². The summed E-state index contributed by atoms with van der Waals surface area (Å²) >= 11 is 0. The molecule has 0 aliphatic carbocycles. The molecule has 1 aliphatic rings. The summed E-state index contributed by atoms with van der Waals surface area (Å²) in [5.74, 6) is -4.25. The molecule has 0 spiro atoms. The molecule has 3 amide bonds. The van der Waals surface area contributed by atoms with Crippen LogP contribution in [0, 0.1) is 0 Å². The molecule has 1 aliphatic heterocycles. The van der Waals surface area contributed by atoms with Crippen molar-refractivity contribution in [2.24, 2.45) is 0 Å². The van der Waals surface area contributed by atoms with Gasteiger partial charge in [-0.05, 0) is 33.3 Å². The van der Waals surface area contributed by atoms with Crippen molar-refractivity contribution in [3.05, 3.63) is 35.9 Å². The fourth-order valence-electron chi connectivity index (χ4n) is 3.09. The van der Waals surface area contributed by atoms with Crippen molar-refractivity contribution in [2.75, 3.05) is 6.61 Å². The summed E-state index contributed by atoms with van der Waals surface area (Å²) in [4.78, 5) is 66.0. The summed E-state index contributed by atoms with van der Waals surface area (Å²) in [7, 11) is 0. The zero-order valence-electron chi connectivity index (χ0n) is 19.0. The van der Waals surface area contributed by atoms with E-state index in [4.69, 9.17) is 14.7 Å². The minimum atomic E-state index is -1.68. The average molecular weight is 463 g/mol. The van der Waals surface area contributed by atoms with Crippen LogP contribution in [0.1, 0.15) is 39.7 Å². The summed E-state index contributed by atoms with van der Waals surface area (Å²) in [6.45, 7) is 6.38. The van der Waals surface area contributed by atoms with Crippen molar-refractivity contribution in [1.82, 2.24) is 15.7 Å². The Balaban J connectivity index is 2.16. The zero-order valence-corrected chi connectivity index (χ0v) is 19.0. The van der Waals surface area contributed by atoms with Gasteiger partial charge in [-0.3, -0.25) is 19.2 Å². The molecule has 0 bridgehead atoms. The van der Waals surface area contributed by atoms with Crippen LogP contribution >= 0.6 is 0 Å². The number of hydroxylamine groups is 2. The third-order valence-corrected chi connectivity index (χ3v) is 4.66. The third-order valence-electron chi connectivity index (χ3n) is 4.66. The Morgan fingerprint density at radius 1 is 1.15 bits per heavy atom. The lowest BCUT2D eigenvalue weighted by atomic mass is 10.0. The molecular weight excluding hydrogens is 434 g/mol. The molecule has 11 heteroatoms. The van der Waals surface area contributed by atoms with Crippen LogP contribution in [0.2, 0.25) is 0 Å². The van der Waals surface area contributed by atoms with Crippen molar-refractivity contribution in [3.8, 4) is 0 Å². The van der Waals surface area contributed by atoms with Crippen molar-refractivity contribution in [1.29, 1.82) is 0 Å². The number of hydrogen-bond acceptors (Lipinski definition) is 7. The van der Waals surface area contributed by atoms with Crippen LogP contribution in [0.25, 0.3) is 0 Å². The molecule has 1 unspecified atom stereocenters. The monoisotopic (exact) mass is 463 g/mol. The van der Waals surface area contributed by atoms with Crippen molar-refractivity contribution in [2.45, 2.75) is 64.3 Å². The minimum absolute atomic E-state index is 0.0758. The molecule has 1 saturated heterocycles. The Labute approximate surface area is 191 Å². The average Bonchev–Trinajstić information content (AvgIpc) is 3.22. The summed E-state index contributed by atoms with van der Waals surface area (Å²) in [5, 5.41) is 14.6. The van der Waals surface area contributed by atoms with Crippen molar-refractivity contribution >= 4 is 29.7 Å². The van der Waals surface area contributed by atoms with E-state index in [1.54, 1.807) is 51.1 Å². The molecule has 1 aromatic carbocycles. The summed E-state index contributed by atoms with van der Waals surface area (Å²) in [6.07, 6.45) is -0.560. The second kappa shape index (κ2) is 10.9. The van der Waals surface area contributed by atoms with Gasteiger partial charge in [0.15, 0.2) is 0 Å². The second-order valence-corrected chi connectivity index (χ2v) is 8.59. The van der Waals surface area contributed by atoms with E-state index < -0.39 is 53.4 Å². The Morgan fingerprint density at radius 2 is 1.79 bits per heavy atom. The predicted octanol–water partition coefficient (Wildman–Crippen LogP) is 0.813. The molecular formula is C22H29N3O8. The van der Waals surface area contributed by atoms with Gasteiger partial charge in [0.25, 0.3) is 5.78 Å². The molecule has 0 radical (unpaired) electrons. The van der Waals surface area contributed by atoms with E-state index >= 15 is 0 Å². The summed E-state index contributed by atoms with van der Waals surface area (Å²) in [6, 6.07) is 5.37. The Bertz CT molecular complexity index is 897. The Hall–Kier alpha value is -3.47. The molecule has 1 fully saturated rings. The molecule has 3 atom stereocenters. The fraction of sp³-hybridized carbons (Fsp3) is 0.500. The van der Waals surface area contributed by atoms with Crippen LogP contribution < -0.4 is 10.6 Å². The molecule has 33 heavy (non-hydrogen) atoms. The molecule has 11 nitrogen and oxygen atoms in total. The zero-order chi connectivity index (χ0) is 24.8. The molecule has 1 aromatic rings. The largest absolute Gasteiger partial charge is 0.475 e. The number of aliphatic carboxylic acids is 1. The number of carbonyl (C=O) groups is 5. The van der Waals surface area contributed by atoms with Gasteiger partial charge < -0.3 is 20.5 Å². The first kappa shape index (κ1) is 25.8. The number of nitrogens with zero attached hydrogens (tertiary/aromatic N) is 1. The van der Waals surface area contributed by atoms with Gasteiger partial charge in [0, 0.05) is 12.8 Å². The first-order valence-corrected chi connectivity index (χ1v) is 10.5. The molecule has 0 aromatic heterocycles. The predicted molar refractivity (Wildman–Crippen MR) is 115 cm³/mol. The number of Topliss-reactive ketones (excluding diaryl/α,β-unsaturated/α-hetero) is 1. The summed E-state index contributed by atoms with van der Waals surface area (Å²) in [5.41, 5.74) is -0.0751. The standard InChI is InChI=1S/C22H29N3O8/c1-13(17(26)20(29)30)23-18(27)15(12-14-8-6-5-7-9-14)24-19(28)16-10-11-32-25(16)21(31)33-22(2,3)4/h5-9,13,15-16H,10-12H2,1-4H3,(H,23,27)(H,24,28)(H,29,30)/t13-,15-,16?/m0/s1.